The third-order valence-electron chi connectivity index (χ3n) is 4.59. The molecule has 28 heavy (non-hydrogen) atoms. The molecule has 5 nitrogen and oxygen atoms in total. The number of hydrogen-bond donors (Lipinski definition) is 1. The molecule has 0 aliphatic rings. The van der Waals surface area contributed by atoms with E-state index in [1.54, 1.807) is 22.9 Å². The van der Waals surface area contributed by atoms with Gasteiger partial charge in [0.25, 0.3) is 5.91 Å². The Morgan fingerprint density at radius 2 is 1.75 bits per heavy atom. The van der Waals surface area contributed by atoms with Crippen LogP contribution in [0.3, 0.4) is 0 Å². The summed E-state index contributed by atoms with van der Waals surface area (Å²) in [5, 5.41) is 7.90. The van der Waals surface area contributed by atoms with Gasteiger partial charge < -0.3 is 5.32 Å². The molecule has 0 radical (unpaired) electrons. The lowest BCUT2D eigenvalue weighted by Crippen LogP contribution is -2.14. The van der Waals surface area contributed by atoms with Crippen LogP contribution in [0.15, 0.2) is 54.6 Å². The summed E-state index contributed by atoms with van der Waals surface area (Å²) < 4.78 is 15.7. The second kappa shape index (κ2) is 6.88. The van der Waals surface area contributed by atoms with Crippen molar-refractivity contribution >= 4 is 22.6 Å². The van der Waals surface area contributed by atoms with Gasteiger partial charge in [-0.05, 0) is 51.1 Å². The first-order valence-electron chi connectivity index (χ1n) is 8.94. The molecule has 0 saturated heterocycles. The number of nitrogens with one attached hydrogen (secondary N) is 1. The molecule has 4 aromatic rings. The van der Waals surface area contributed by atoms with Gasteiger partial charge in [0.15, 0.2) is 5.65 Å². The van der Waals surface area contributed by atoms with Gasteiger partial charge in [-0.2, -0.15) is 5.10 Å². The van der Waals surface area contributed by atoms with Gasteiger partial charge in [0.2, 0.25) is 0 Å². The SMILES string of the molecule is Cc1ccc(-n2nc(C)c3c(C(=O)Nc4ccccc4F)cc(C)nc32)cc1. The van der Waals surface area contributed by atoms with Crippen LogP contribution in [-0.4, -0.2) is 20.7 Å². The highest BCUT2D eigenvalue weighted by Gasteiger charge is 2.20. The van der Waals surface area contributed by atoms with Crippen molar-refractivity contribution in [3.63, 3.8) is 0 Å². The predicted molar refractivity (Wildman–Crippen MR) is 107 cm³/mol. The lowest BCUT2D eigenvalue weighted by molar-refractivity contribution is 0.102. The maximum Gasteiger partial charge on any atom is 0.256 e. The number of pyridine rings is 1. The molecule has 4 rings (SSSR count). The van der Waals surface area contributed by atoms with E-state index in [1.165, 1.54) is 12.1 Å². The van der Waals surface area contributed by atoms with Gasteiger partial charge in [0, 0.05) is 5.69 Å². The standard InChI is InChI=1S/C22H19FN4O/c1-13-8-10-16(11-9-13)27-21-20(15(3)26-27)17(12-14(2)24-21)22(28)25-19-7-5-4-6-18(19)23/h4-12H,1-3H3,(H,25,28). The van der Waals surface area contributed by atoms with E-state index in [1.807, 2.05) is 45.0 Å². The molecule has 0 atom stereocenters. The number of fused-ring (bicyclic) bond motifs is 1. The zero-order chi connectivity index (χ0) is 19.8. The van der Waals surface area contributed by atoms with Crippen LogP contribution >= 0.6 is 0 Å². The van der Waals surface area contributed by atoms with Gasteiger partial charge in [0.1, 0.15) is 5.82 Å². The Morgan fingerprint density at radius 3 is 2.46 bits per heavy atom. The monoisotopic (exact) mass is 374 g/mol. The number of amides is 1. The van der Waals surface area contributed by atoms with Crippen molar-refractivity contribution in [2.45, 2.75) is 20.8 Å². The fraction of sp³-hybridized carbons (Fsp3) is 0.136. The molecule has 0 aliphatic heterocycles. The fourth-order valence-electron chi connectivity index (χ4n) is 3.21. The highest BCUT2D eigenvalue weighted by atomic mass is 19.1. The molecular weight excluding hydrogens is 355 g/mol. The maximum absolute atomic E-state index is 14.0. The number of aromatic nitrogens is 3. The molecular formula is C22H19FN4O. The van der Waals surface area contributed by atoms with E-state index in [2.05, 4.69) is 15.4 Å². The van der Waals surface area contributed by atoms with Crippen molar-refractivity contribution in [3.05, 3.63) is 82.9 Å². The zero-order valence-corrected chi connectivity index (χ0v) is 15.8. The number of carbonyl (C=O) groups excluding carboxylic acids is 1. The van der Waals surface area contributed by atoms with Crippen LogP contribution in [0.4, 0.5) is 10.1 Å². The molecule has 2 heterocycles. The van der Waals surface area contributed by atoms with Crippen LogP contribution in [0.2, 0.25) is 0 Å². The molecule has 1 amide bonds. The normalized spacial score (nSPS) is 11.0. The smallest absolute Gasteiger partial charge is 0.256 e. The summed E-state index contributed by atoms with van der Waals surface area (Å²) in [6.45, 7) is 5.68. The Bertz CT molecular complexity index is 1200. The largest absolute Gasteiger partial charge is 0.319 e. The molecule has 0 bridgehead atoms. The topological polar surface area (TPSA) is 59.8 Å². The average molecular weight is 374 g/mol. The Hall–Kier alpha value is -3.54. The summed E-state index contributed by atoms with van der Waals surface area (Å²) in [5.74, 6) is -0.878. The van der Waals surface area contributed by atoms with Gasteiger partial charge in [-0.3, -0.25) is 4.79 Å². The minimum atomic E-state index is -0.482. The van der Waals surface area contributed by atoms with Gasteiger partial charge in [0.05, 0.1) is 28.0 Å². The molecule has 0 spiro atoms. The maximum atomic E-state index is 14.0. The second-order valence-corrected chi connectivity index (χ2v) is 6.78. The lowest BCUT2D eigenvalue weighted by Gasteiger charge is -2.09. The molecule has 0 fully saturated rings. The number of nitrogens with zero attached hydrogens (tertiary/aromatic N) is 3. The van der Waals surface area contributed by atoms with Gasteiger partial charge in [-0.15, -0.1) is 0 Å². The molecule has 1 N–H and O–H groups in total. The summed E-state index contributed by atoms with van der Waals surface area (Å²) in [4.78, 5) is 17.5. The quantitative estimate of drug-likeness (QED) is 0.564. The number of para-hydroxylation sites is 1. The first-order chi connectivity index (χ1) is 13.4. The van der Waals surface area contributed by atoms with E-state index in [0.29, 0.717) is 28.0 Å². The fourth-order valence-corrected chi connectivity index (χ4v) is 3.21. The third kappa shape index (κ3) is 3.13. The number of carbonyl (C=O) groups is 1. The highest BCUT2D eigenvalue weighted by molar-refractivity contribution is 6.12. The number of benzene rings is 2. The summed E-state index contributed by atoms with van der Waals surface area (Å²) in [7, 11) is 0. The van der Waals surface area contributed by atoms with Crippen molar-refractivity contribution in [2.75, 3.05) is 5.32 Å². The van der Waals surface area contributed by atoms with E-state index in [0.717, 1.165) is 11.3 Å². The zero-order valence-electron chi connectivity index (χ0n) is 15.8. The Labute approximate surface area is 161 Å². The molecule has 140 valence electrons. The van der Waals surface area contributed by atoms with Gasteiger partial charge in [-0.25, -0.2) is 14.1 Å². The van der Waals surface area contributed by atoms with E-state index < -0.39 is 11.7 Å². The van der Waals surface area contributed by atoms with Crippen LogP contribution in [0.1, 0.15) is 27.3 Å². The van der Waals surface area contributed by atoms with Crippen molar-refractivity contribution in [1.82, 2.24) is 14.8 Å². The number of aryl methyl sites for hydroxylation is 3. The lowest BCUT2D eigenvalue weighted by atomic mass is 10.1. The molecule has 0 unspecified atom stereocenters. The summed E-state index contributed by atoms with van der Waals surface area (Å²) >= 11 is 0. The van der Waals surface area contributed by atoms with E-state index >= 15 is 0 Å². The number of rotatable bonds is 3. The highest BCUT2D eigenvalue weighted by Crippen LogP contribution is 2.26. The number of anilines is 1. The third-order valence-corrected chi connectivity index (χ3v) is 4.59. The number of halogens is 1. The van der Waals surface area contributed by atoms with Crippen LogP contribution in [0, 0.1) is 26.6 Å². The van der Waals surface area contributed by atoms with E-state index in [4.69, 9.17) is 0 Å². The minimum Gasteiger partial charge on any atom is -0.319 e. The average Bonchev–Trinajstić information content (AvgIpc) is 3.00. The van der Waals surface area contributed by atoms with Crippen LogP contribution in [-0.2, 0) is 0 Å². The molecule has 2 aromatic heterocycles. The molecule has 0 saturated carbocycles. The molecule has 2 aromatic carbocycles. The Kier molecular flexibility index (Phi) is 4.39. The van der Waals surface area contributed by atoms with Crippen LogP contribution in [0.5, 0.6) is 0 Å². The van der Waals surface area contributed by atoms with Crippen molar-refractivity contribution < 1.29 is 9.18 Å². The summed E-state index contributed by atoms with van der Waals surface area (Å²) in [5.41, 5.74) is 4.52. The first kappa shape index (κ1) is 17.9. The van der Waals surface area contributed by atoms with E-state index in [9.17, 15) is 9.18 Å². The molecule has 0 aliphatic carbocycles. The second-order valence-electron chi connectivity index (χ2n) is 6.78. The Balaban J connectivity index is 1.85. The number of hydrogen-bond acceptors (Lipinski definition) is 3. The summed E-state index contributed by atoms with van der Waals surface area (Å²) in [6, 6.07) is 15.7. The van der Waals surface area contributed by atoms with Gasteiger partial charge >= 0.3 is 0 Å². The van der Waals surface area contributed by atoms with Gasteiger partial charge in [-0.1, -0.05) is 29.8 Å². The van der Waals surface area contributed by atoms with E-state index in [-0.39, 0.29) is 5.69 Å². The molecule has 6 heteroatoms. The van der Waals surface area contributed by atoms with Crippen LogP contribution < -0.4 is 5.32 Å². The Morgan fingerprint density at radius 1 is 1.04 bits per heavy atom. The summed E-state index contributed by atoms with van der Waals surface area (Å²) in [6.07, 6.45) is 0. The van der Waals surface area contributed by atoms with Crippen molar-refractivity contribution in [1.29, 1.82) is 0 Å². The van der Waals surface area contributed by atoms with Crippen LogP contribution in [0.25, 0.3) is 16.7 Å². The van der Waals surface area contributed by atoms with Crippen molar-refractivity contribution in [3.8, 4) is 5.69 Å². The minimum absolute atomic E-state index is 0.138. The first-order valence-corrected chi connectivity index (χ1v) is 8.94. The predicted octanol–water partition coefficient (Wildman–Crippen LogP) is 4.74. The van der Waals surface area contributed by atoms with Crippen molar-refractivity contribution in [2.24, 2.45) is 0 Å².